The Bertz CT molecular complexity index is 474. The van der Waals surface area contributed by atoms with Crippen LogP contribution < -0.4 is 5.73 Å². The van der Waals surface area contributed by atoms with Gasteiger partial charge in [-0.25, -0.2) is 0 Å². The molecule has 1 aromatic heterocycles. The van der Waals surface area contributed by atoms with Crippen LogP contribution in [0.2, 0.25) is 0 Å². The predicted octanol–water partition coefficient (Wildman–Crippen LogP) is 0.723. The van der Waals surface area contributed by atoms with E-state index < -0.39 is 0 Å². The van der Waals surface area contributed by atoms with Crippen LogP contribution in [-0.2, 0) is 4.79 Å². The average Bonchev–Trinajstić information content (AvgIpc) is 3.21. The number of nitrogens with two attached hydrogens (primary N) is 1. The molecule has 20 heavy (non-hydrogen) atoms. The Balaban J connectivity index is 1.47. The Hall–Kier alpha value is -1.56. The molecule has 1 amide bonds. The molecular formula is C14H23N5O. The SMILES string of the molecule is CN(C(=O)CN1CCC(n2ccc(N)n2)CC1)C1CC1. The van der Waals surface area contributed by atoms with E-state index in [1.54, 1.807) is 0 Å². The van der Waals surface area contributed by atoms with Gasteiger partial charge in [0.15, 0.2) is 0 Å². The van der Waals surface area contributed by atoms with Crippen molar-refractivity contribution >= 4 is 11.7 Å². The van der Waals surface area contributed by atoms with Crippen LogP contribution in [0.25, 0.3) is 0 Å². The molecule has 2 fully saturated rings. The van der Waals surface area contributed by atoms with Gasteiger partial charge in [-0.2, -0.15) is 5.10 Å². The first-order valence-corrected chi connectivity index (χ1v) is 7.42. The minimum absolute atomic E-state index is 0.259. The molecule has 0 unspecified atom stereocenters. The molecule has 0 radical (unpaired) electrons. The van der Waals surface area contributed by atoms with Crippen molar-refractivity contribution in [2.24, 2.45) is 0 Å². The van der Waals surface area contributed by atoms with Crippen LogP contribution in [0.5, 0.6) is 0 Å². The third kappa shape index (κ3) is 2.95. The second kappa shape index (κ2) is 5.44. The molecule has 2 heterocycles. The maximum absolute atomic E-state index is 12.1. The molecule has 1 aliphatic heterocycles. The molecule has 0 spiro atoms. The first-order chi connectivity index (χ1) is 9.63. The van der Waals surface area contributed by atoms with Crippen LogP contribution in [-0.4, -0.2) is 58.2 Å². The zero-order valence-corrected chi connectivity index (χ0v) is 12.0. The lowest BCUT2D eigenvalue weighted by molar-refractivity contribution is -0.131. The molecule has 0 aromatic carbocycles. The smallest absolute Gasteiger partial charge is 0.236 e. The van der Waals surface area contributed by atoms with E-state index >= 15 is 0 Å². The van der Waals surface area contributed by atoms with Gasteiger partial charge in [-0.3, -0.25) is 14.4 Å². The summed E-state index contributed by atoms with van der Waals surface area (Å²) in [6.07, 6.45) is 6.35. The minimum atomic E-state index is 0.259. The van der Waals surface area contributed by atoms with Gasteiger partial charge < -0.3 is 10.6 Å². The van der Waals surface area contributed by atoms with E-state index in [1.165, 1.54) is 12.8 Å². The van der Waals surface area contributed by atoms with E-state index in [9.17, 15) is 4.79 Å². The van der Waals surface area contributed by atoms with Crippen molar-refractivity contribution in [2.45, 2.75) is 37.8 Å². The van der Waals surface area contributed by atoms with Crippen LogP contribution in [0.4, 0.5) is 5.82 Å². The van der Waals surface area contributed by atoms with Crippen LogP contribution in [0.3, 0.4) is 0 Å². The summed E-state index contributed by atoms with van der Waals surface area (Å²) >= 11 is 0. The fourth-order valence-electron chi connectivity index (χ4n) is 2.87. The van der Waals surface area contributed by atoms with Crippen molar-refractivity contribution in [1.29, 1.82) is 0 Å². The Labute approximate surface area is 119 Å². The number of likely N-dealkylation sites (tertiary alicyclic amines) is 1. The zero-order chi connectivity index (χ0) is 14.1. The lowest BCUT2D eigenvalue weighted by Crippen LogP contribution is -2.43. The molecule has 3 rings (SSSR count). The molecule has 0 atom stereocenters. The number of nitrogens with zero attached hydrogens (tertiary/aromatic N) is 4. The third-order valence-electron chi connectivity index (χ3n) is 4.41. The third-order valence-corrected chi connectivity index (χ3v) is 4.41. The number of hydrogen-bond donors (Lipinski definition) is 1. The molecule has 2 N–H and O–H groups in total. The summed E-state index contributed by atoms with van der Waals surface area (Å²) in [5.74, 6) is 0.836. The Morgan fingerprint density at radius 3 is 2.65 bits per heavy atom. The van der Waals surface area contributed by atoms with Crippen molar-refractivity contribution in [3.8, 4) is 0 Å². The average molecular weight is 277 g/mol. The fraction of sp³-hybridized carbons (Fsp3) is 0.714. The van der Waals surface area contributed by atoms with Gasteiger partial charge in [-0.05, 0) is 31.7 Å². The number of anilines is 1. The maximum atomic E-state index is 12.1. The van der Waals surface area contributed by atoms with E-state index in [1.807, 2.05) is 28.9 Å². The predicted molar refractivity (Wildman–Crippen MR) is 77.1 cm³/mol. The van der Waals surface area contributed by atoms with Gasteiger partial charge in [-0.15, -0.1) is 0 Å². The Morgan fingerprint density at radius 2 is 2.10 bits per heavy atom. The first-order valence-electron chi connectivity index (χ1n) is 7.42. The number of nitrogen functional groups attached to an aromatic ring is 1. The van der Waals surface area contributed by atoms with Crippen LogP contribution in [0.15, 0.2) is 12.3 Å². The van der Waals surface area contributed by atoms with E-state index in [-0.39, 0.29) is 5.91 Å². The summed E-state index contributed by atoms with van der Waals surface area (Å²) < 4.78 is 1.96. The number of piperidine rings is 1. The van der Waals surface area contributed by atoms with Crippen LogP contribution in [0, 0.1) is 0 Å². The standard InChI is InChI=1S/C14H23N5O/c1-17(11-2-3-11)14(20)10-18-7-4-12(5-8-18)19-9-6-13(15)16-19/h6,9,11-12H,2-5,7-8,10H2,1H3,(H2,15,16). The molecule has 110 valence electrons. The highest BCUT2D eigenvalue weighted by atomic mass is 16.2. The minimum Gasteiger partial charge on any atom is -0.382 e. The molecule has 1 saturated heterocycles. The number of rotatable bonds is 4. The summed E-state index contributed by atoms with van der Waals surface area (Å²) in [4.78, 5) is 16.3. The highest BCUT2D eigenvalue weighted by Crippen LogP contribution is 2.26. The van der Waals surface area contributed by atoms with Gasteiger partial charge in [0, 0.05) is 32.4 Å². The summed E-state index contributed by atoms with van der Waals surface area (Å²) in [6, 6.07) is 2.76. The fourth-order valence-corrected chi connectivity index (χ4v) is 2.87. The number of aromatic nitrogens is 2. The van der Waals surface area contributed by atoms with Crippen molar-refractivity contribution in [3.05, 3.63) is 12.3 Å². The number of likely N-dealkylation sites (N-methyl/N-ethyl adjacent to an activating group) is 1. The van der Waals surface area contributed by atoms with Gasteiger partial charge in [0.05, 0.1) is 12.6 Å². The normalized spacial score (nSPS) is 21.1. The molecule has 6 nitrogen and oxygen atoms in total. The molecule has 0 bridgehead atoms. The van der Waals surface area contributed by atoms with Crippen molar-refractivity contribution in [1.82, 2.24) is 19.6 Å². The van der Waals surface area contributed by atoms with E-state index in [4.69, 9.17) is 5.73 Å². The van der Waals surface area contributed by atoms with Gasteiger partial charge in [0.2, 0.25) is 5.91 Å². The van der Waals surface area contributed by atoms with E-state index in [2.05, 4.69) is 10.00 Å². The van der Waals surface area contributed by atoms with Gasteiger partial charge in [0.25, 0.3) is 0 Å². The summed E-state index contributed by atoms with van der Waals surface area (Å²) in [5, 5.41) is 4.28. The highest BCUT2D eigenvalue weighted by molar-refractivity contribution is 5.78. The number of hydrogen-bond acceptors (Lipinski definition) is 4. The van der Waals surface area contributed by atoms with Gasteiger partial charge in [-0.1, -0.05) is 0 Å². The first kappa shape index (κ1) is 13.4. The number of carbonyl (C=O) groups excluding carboxylic acids is 1. The van der Waals surface area contributed by atoms with Crippen molar-refractivity contribution < 1.29 is 4.79 Å². The lowest BCUT2D eigenvalue weighted by atomic mass is 10.1. The zero-order valence-electron chi connectivity index (χ0n) is 12.0. The second-order valence-corrected chi connectivity index (χ2v) is 5.96. The van der Waals surface area contributed by atoms with Gasteiger partial charge in [0.1, 0.15) is 5.82 Å². The second-order valence-electron chi connectivity index (χ2n) is 5.96. The van der Waals surface area contributed by atoms with Gasteiger partial charge >= 0.3 is 0 Å². The monoisotopic (exact) mass is 277 g/mol. The molecule has 6 heteroatoms. The number of amides is 1. The van der Waals surface area contributed by atoms with Crippen LogP contribution in [0.1, 0.15) is 31.7 Å². The topological polar surface area (TPSA) is 67.4 Å². The maximum Gasteiger partial charge on any atom is 0.236 e. The summed E-state index contributed by atoms with van der Waals surface area (Å²) in [7, 11) is 1.93. The van der Waals surface area contributed by atoms with Crippen molar-refractivity contribution in [3.63, 3.8) is 0 Å². The largest absolute Gasteiger partial charge is 0.382 e. The Morgan fingerprint density at radius 1 is 1.40 bits per heavy atom. The quantitative estimate of drug-likeness (QED) is 0.880. The summed E-state index contributed by atoms with van der Waals surface area (Å²) in [6.45, 7) is 2.46. The van der Waals surface area contributed by atoms with E-state index in [0.29, 0.717) is 24.4 Å². The molecular weight excluding hydrogens is 254 g/mol. The molecule has 1 saturated carbocycles. The summed E-state index contributed by atoms with van der Waals surface area (Å²) in [5.41, 5.74) is 5.65. The molecule has 1 aromatic rings. The molecule has 2 aliphatic rings. The van der Waals surface area contributed by atoms with Crippen molar-refractivity contribution in [2.75, 3.05) is 32.4 Å². The van der Waals surface area contributed by atoms with Crippen LogP contribution >= 0.6 is 0 Å². The lowest BCUT2D eigenvalue weighted by Gasteiger charge is -2.32. The van der Waals surface area contributed by atoms with E-state index in [0.717, 1.165) is 25.9 Å². The highest BCUT2D eigenvalue weighted by Gasteiger charge is 2.31. The molecule has 1 aliphatic carbocycles. The Kier molecular flexibility index (Phi) is 3.65. The number of carbonyl (C=O) groups is 1.